The quantitative estimate of drug-likeness (QED) is 0.741. The molecule has 0 spiro atoms. The zero-order chi connectivity index (χ0) is 19.9. The molecule has 0 bridgehead atoms. The Morgan fingerprint density at radius 2 is 1.96 bits per heavy atom. The first-order valence-corrected chi connectivity index (χ1v) is 8.60. The number of halogens is 2. The van der Waals surface area contributed by atoms with Gasteiger partial charge >= 0.3 is 5.97 Å². The fourth-order valence-electron chi connectivity index (χ4n) is 3.40. The van der Waals surface area contributed by atoms with E-state index in [-0.39, 0.29) is 12.6 Å². The van der Waals surface area contributed by atoms with E-state index in [9.17, 15) is 13.6 Å². The molecule has 0 aliphatic carbocycles. The standard InChI is InChI=1S/C21H22F2N2O2/c1-12-8-16(22)10-19(23)18(12)11-25-14(3)24(4)13(2)17-7-6-15(9-20(17)25)21(26)27-5/h6-10,13H,3,11H2,1-2,4-5H3. The summed E-state index contributed by atoms with van der Waals surface area (Å²) in [6.07, 6.45) is 0. The molecule has 6 heteroatoms. The van der Waals surface area contributed by atoms with Crippen molar-refractivity contribution in [2.45, 2.75) is 26.4 Å². The zero-order valence-corrected chi connectivity index (χ0v) is 15.8. The third-order valence-electron chi connectivity index (χ3n) is 5.19. The Kier molecular flexibility index (Phi) is 4.91. The topological polar surface area (TPSA) is 32.8 Å². The van der Waals surface area contributed by atoms with Crippen molar-refractivity contribution in [3.05, 3.63) is 76.6 Å². The second-order valence-corrected chi connectivity index (χ2v) is 6.74. The Labute approximate surface area is 157 Å². The average molecular weight is 372 g/mol. The first kappa shape index (κ1) is 18.9. The van der Waals surface area contributed by atoms with Gasteiger partial charge in [0.2, 0.25) is 0 Å². The van der Waals surface area contributed by atoms with E-state index in [2.05, 4.69) is 6.58 Å². The lowest BCUT2D eigenvalue weighted by atomic mass is 9.97. The first-order valence-electron chi connectivity index (χ1n) is 8.60. The van der Waals surface area contributed by atoms with E-state index in [1.807, 2.05) is 29.8 Å². The van der Waals surface area contributed by atoms with Gasteiger partial charge in [0.05, 0.1) is 25.3 Å². The molecule has 1 aliphatic heterocycles. The number of benzene rings is 2. The van der Waals surface area contributed by atoms with Gasteiger partial charge in [-0.3, -0.25) is 0 Å². The van der Waals surface area contributed by atoms with E-state index in [0.29, 0.717) is 22.5 Å². The highest BCUT2D eigenvalue weighted by atomic mass is 19.1. The minimum Gasteiger partial charge on any atom is -0.465 e. The van der Waals surface area contributed by atoms with E-state index in [4.69, 9.17) is 4.74 Å². The number of aryl methyl sites for hydroxylation is 1. The van der Waals surface area contributed by atoms with Gasteiger partial charge in [0.15, 0.2) is 0 Å². The van der Waals surface area contributed by atoms with Gasteiger partial charge in [-0.25, -0.2) is 13.6 Å². The molecule has 0 N–H and O–H groups in total. The summed E-state index contributed by atoms with van der Waals surface area (Å²) in [6, 6.07) is 7.54. The van der Waals surface area contributed by atoms with E-state index in [1.165, 1.54) is 13.2 Å². The van der Waals surface area contributed by atoms with Crippen LogP contribution in [0, 0.1) is 18.6 Å². The van der Waals surface area contributed by atoms with E-state index < -0.39 is 17.6 Å². The van der Waals surface area contributed by atoms with Crippen LogP contribution in [0.5, 0.6) is 0 Å². The van der Waals surface area contributed by atoms with Crippen LogP contribution in [0.4, 0.5) is 14.5 Å². The summed E-state index contributed by atoms with van der Waals surface area (Å²) < 4.78 is 32.7. The summed E-state index contributed by atoms with van der Waals surface area (Å²) in [6.45, 7) is 8.01. The summed E-state index contributed by atoms with van der Waals surface area (Å²) in [5, 5.41) is 0. The first-order chi connectivity index (χ1) is 12.7. The van der Waals surface area contributed by atoms with Crippen molar-refractivity contribution in [2.24, 2.45) is 0 Å². The molecule has 3 rings (SSSR count). The van der Waals surface area contributed by atoms with Crippen molar-refractivity contribution in [1.82, 2.24) is 4.90 Å². The molecule has 4 nitrogen and oxygen atoms in total. The maximum atomic E-state index is 14.4. The van der Waals surface area contributed by atoms with Crippen molar-refractivity contribution in [1.29, 1.82) is 0 Å². The molecule has 2 aromatic carbocycles. The summed E-state index contributed by atoms with van der Waals surface area (Å²) in [7, 11) is 3.23. The zero-order valence-electron chi connectivity index (χ0n) is 15.8. The Morgan fingerprint density at radius 1 is 1.26 bits per heavy atom. The number of esters is 1. The number of hydrogen-bond donors (Lipinski definition) is 0. The highest BCUT2D eigenvalue weighted by Crippen LogP contribution is 2.40. The second kappa shape index (κ2) is 7.02. The molecule has 1 unspecified atom stereocenters. The lowest BCUT2D eigenvalue weighted by Crippen LogP contribution is -2.39. The predicted molar refractivity (Wildman–Crippen MR) is 100 cm³/mol. The summed E-state index contributed by atoms with van der Waals surface area (Å²) >= 11 is 0. The predicted octanol–water partition coefficient (Wildman–Crippen LogP) is 4.54. The van der Waals surface area contributed by atoms with E-state index >= 15 is 0 Å². The van der Waals surface area contributed by atoms with Gasteiger partial charge in [-0.2, -0.15) is 0 Å². The highest BCUT2D eigenvalue weighted by Gasteiger charge is 2.30. The van der Waals surface area contributed by atoms with Gasteiger partial charge in [-0.05, 0) is 43.2 Å². The number of nitrogens with zero attached hydrogens (tertiary/aromatic N) is 2. The lowest BCUT2D eigenvalue weighted by molar-refractivity contribution is 0.0600. The molecule has 0 saturated heterocycles. The smallest absolute Gasteiger partial charge is 0.337 e. The number of carbonyl (C=O) groups is 1. The Bertz CT molecular complexity index is 903. The maximum Gasteiger partial charge on any atom is 0.337 e. The van der Waals surface area contributed by atoms with Gasteiger partial charge in [-0.1, -0.05) is 12.6 Å². The van der Waals surface area contributed by atoms with Gasteiger partial charge in [0, 0.05) is 24.4 Å². The molecule has 2 aromatic rings. The molecule has 0 radical (unpaired) electrons. The van der Waals surface area contributed by atoms with Crippen molar-refractivity contribution in [2.75, 3.05) is 19.1 Å². The fraction of sp³-hybridized carbons (Fsp3) is 0.286. The molecule has 1 heterocycles. The van der Waals surface area contributed by atoms with Gasteiger partial charge in [0.25, 0.3) is 0 Å². The molecule has 1 atom stereocenters. The highest BCUT2D eigenvalue weighted by molar-refractivity contribution is 5.91. The Morgan fingerprint density at radius 3 is 2.59 bits per heavy atom. The summed E-state index contributed by atoms with van der Waals surface area (Å²) in [4.78, 5) is 15.8. The van der Waals surface area contributed by atoms with Gasteiger partial charge in [0.1, 0.15) is 17.5 Å². The summed E-state index contributed by atoms with van der Waals surface area (Å²) in [5.41, 5.74) is 3.05. The van der Waals surface area contributed by atoms with Crippen molar-refractivity contribution < 1.29 is 18.3 Å². The maximum absolute atomic E-state index is 14.4. The molecule has 0 amide bonds. The lowest BCUT2D eigenvalue weighted by Gasteiger charge is -2.43. The van der Waals surface area contributed by atoms with Crippen LogP contribution < -0.4 is 4.90 Å². The number of methoxy groups -OCH3 is 1. The van der Waals surface area contributed by atoms with Crippen LogP contribution in [0.1, 0.15) is 40.0 Å². The molecule has 27 heavy (non-hydrogen) atoms. The number of anilines is 1. The normalized spacial score (nSPS) is 16.4. The molecule has 0 saturated carbocycles. The fourth-order valence-corrected chi connectivity index (χ4v) is 3.40. The monoisotopic (exact) mass is 372 g/mol. The van der Waals surface area contributed by atoms with Crippen molar-refractivity contribution in [3.63, 3.8) is 0 Å². The van der Waals surface area contributed by atoms with Crippen LogP contribution >= 0.6 is 0 Å². The largest absolute Gasteiger partial charge is 0.465 e. The molecule has 0 fully saturated rings. The SMILES string of the molecule is C=C1N(Cc2c(C)cc(F)cc2F)c2cc(C(=O)OC)ccc2C(C)N1C. The molecular formula is C21H22F2N2O2. The number of fused-ring (bicyclic) bond motifs is 1. The third-order valence-corrected chi connectivity index (χ3v) is 5.19. The van der Waals surface area contributed by atoms with Gasteiger partial charge in [-0.15, -0.1) is 0 Å². The minimum absolute atomic E-state index is 0.0367. The minimum atomic E-state index is -0.606. The van der Waals surface area contributed by atoms with Crippen LogP contribution in [0.25, 0.3) is 0 Å². The summed E-state index contributed by atoms with van der Waals surface area (Å²) in [5.74, 6) is -0.989. The van der Waals surface area contributed by atoms with Crippen LogP contribution in [0.3, 0.4) is 0 Å². The van der Waals surface area contributed by atoms with Crippen molar-refractivity contribution in [3.8, 4) is 0 Å². The number of hydrogen-bond acceptors (Lipinski definition) is 4. The van der Waals surface area contributed by atoms with E-state index in [0.717, 1.165) is 17.3 Å². The van der Waals surface area contributed by atoms with Crippen molar-refractivity contribution >= 4 is 11.7 Å². The van der Waals surface area contributed by atoms with Crippen LogP contribution in [-0.2, 0) is 11.3 Å². The Hall–Kier alpha value is -2.89. The molecule has 0 aromatic heterocycles. The molecule has 1 aliphatic rings. The third kappa shape index (κ3) is 3.27. The molecular weight excluding hydrogens is 350 g/mol. The number of ether oxygens (including phenoxy) is 1. The van der Waals surface area contributed by atoms with Crippen LogP contribution in [0.2, 0.25) is 0 Å². The second-order valence-electron chi connectivity index (χ2n) is 6.74. The number of rotatable bonds is 3. The van der Waals surface area contributed by atoms with E-state index in [1.54, 1.807) is 19.1 Å². The van der Waals surface area contributed by atoms with Crippen LogP contribution in [0.15, 0.2) is 42.7 Å². The Balaban J connectivity index is 2.11. The van der Waals surface area contributed by atoms with Crippen LogP contribution in [-0.4, -0.2) is 25.0 Å². The average Bonchev–Trinajstić information content (AvgIpc) is 2.63. The number of carbonyl (C=O) groups excluding carboxylic acids is 1. The molecule has 142 valence electrons. The van der Waals surface area contributed by atoms with Gasteiger partial charge < -0.3 is 14.5 Å².